The van der Waals surface area contributed by atoms with E-state index in [1.807, 2.05) is 0 Å². The monoisotopic (exact) mass is 357 g/mol. The highest BCUT2D eigenvalue weighted by atomic mass is 32.2. The zero-order chi connectivity index (χ0) is 17.4. The van der Waals surface area contributed by atoms with Crippen LogP contribution in [0.2, 0.25) is 0 Å². The van der Waals surface area contributed by atoms with E-state index in [0.717, 1.165) is 6.42 Å². The van der Waals surface area contributed by atoms with E-state index in [1.54, 1.807) is 11.9 Å². The zero-order valence-corrected chi connectivity index (χ0v) is 15.6. The summed E-state index contributed by atoms with van der Waals surface area (Å²) in [6, 6.07) is 15.9. The van der Waals surface area contributed by atoms with E-state index in [1.165, 1.54) is 49.1 Å². The summed E-state index contributed by atoms with van der Waals surface area (Å²) < 4.78 is 4.66. The molecule has 2 aromatic heterocycles. The molecule has 2 aliphatic rings. The van der Waals surface area contributed by atoms with Gasteiger partial charge in [0, 0.05) is 47.1 Å². The van der Waals surface area contributed by atoms with E-state index >= 15 is 0 Å². The summed E-state index contributed by atoms with van der Waals surface area (Å²) in [5, 5.41) is 6.23. The average Bonchev–Trinajstić information content (AvgIpc) is 3.39. The molecule has 0 fully saturated rings. The van der Waals surface area contributed by atoms with Crippen LogP contribution in [-0.2, 0) is 7.05 Å². The highest BCUT2D eigenvalue weighted by Crippen LogP contribution is 2.49. The molecule has 6 rings (SSSR count). The van der Waals surface area contributed by atoms with E-state index in [2.05, 4.69) is 82.7 Å². The molecule has 0 amide bonds. The van der Waals surface area contributed by atoms with Crippen LogP contribution in [0.25, 0.3) is 27.4 Å². The van der Waals surface area contributed by atoms with Gasteiger partial charge >= 0.3 is 0 Å². The largest absolute Gasteiger partial charge is 0.383 e. The third-order valence-corrected chi connectivity index (χ3v) is 6.75. The second-order valence-electron chi connectivity index (χ2n) is 7.34. The maximum absolute atomic E-state index is 3.54. The fourth-order valence-electron chi connectivity index (χ4n) is 4.75. The van der Waals surface area contributed by atoms with Crippen LogP contribution in [-0.4, -0.2) is 8.54 Å². The summed E-state index contributed by atoms with van der Waals surface area (Å²) in [6.07, 6.45) is 5.49. The molecule has 0 radical (unpaired) electrons. The Morgan fingerprint density at radius 2 is 2.04 bits per heavy atom. The summed E-state index contributed by atoms with van der Waals surface area (Å²) in [5.74, 6) is 0. The van der Waals surface area contributed by atoms with Crippen molar-refractivity contribution in [3.8, 4) is 0 Å². The summed E-state index contributed by atoms with van der Waals surface area (Å²) in [5.41, 5.74) is 8.35. The van der Waals surface area contributed by atoms with E-state index in [4.69, 9.17) is 0 Å². The van der Waals surface area contributed by atoms with Crippen LogP contribution >= 0.6 is 11.9 Å². The van der Waals surface area contributed by atoms with Crippen molar-refractivity contribution < 1.29 is 0 Å². The van der Waals surface area contributed by atoms with Crippen LogP contribution in [0.4, 0.5) is 0 Å². The van der Waals surface area contributed by atoms with Crippen molar-refractivity contribution in [1.29, 1.82) is 0 Å². The molecule has 1 aliphatic heterocycles. The lowest BCUT2D eigenvalue weighted by Gasteiger charge is -2.11. The Morgan fingerprint density at radius 3 is 2.96 bits per heavy atom. The van der Waals surface area contributed by atoms with Gasteiger partial charge in [-0.25, -0.2) is 0 Å². The third-order valence-electron chi connectivity index (χ3n) is 5.79. The molecule has 1 N–H and O–H groups in total. The number of fused-ring (bicyclic) bond motifs is 8. The van der Waals surface area contributed by atoms with Crippen molar-refractivity contribution in [1.82, 2.24) is 13.9 Å². The number of para-hydroxylation sites is 1. The smallest absolute Gasteiger partial charge is 0.0594 e. The quantitative estimate of drug-likeness (QED) is 0.520. The van der Waals surface area contributed by atoms with Gasteiger partial charge in [0.15, 0.2) is 0 Å². The molecule has 26 heavy (non-hydrogen) atoms. The number of hydrogen-bond donors (Lipinski definition) is 1. The van der Waals surface area contributed by atoms with Crippen molar-refractivity contribution in [2.75, 3.05) is 0 Å². The van der Waals surface area contributed by atoms with Gasteiger partial charge in [-0.2, -0.15) is 0 Å². The molecule has 2 bridgehead atoms. The van der Waals surface area contributed by atoms with Gasteiger partial charge in [-0.1, -0.05) is 18.2 Å². The van der Waals surface area contributed by atoms with Crippen molar-refractivity contribution in [3.05, 3.63) is 71.7 Å². The van der Waals surface area contributed by atoms with E-state index in [0.29, 0.717) is 6.04 Å². The number of benzene rings is 2. The summed E-state index contributed by atoms with van der Waals surface area (Å²) >= 11 is 1.80. The van der Waals surface area contributed by atoms with Gasteiger partial charge in [0.2, 0.25) is 0 Å². The van der Waals surface area contributed by atoms with Crippen LogP contribution < -0.4 is 5.32 Å². The molecular formula is C22H19N3S. The number of aromatic nitrogens is 2. The zero-order valence-electron chi connectivity index (χ0n) is 14.8. The Balaban J connectivity index is 1.53. The van der Waals surface area contributed by atoms with E-state index in [-0.39, 0.29) is 0 Å². The highest BCUT2D eigenvalue weighted by Gasteiger charge is 2.36. The Bertz CT molecular complexity index is 1240. The van der Waals surface area contributed by atoms with Gasteiger partial charge in [-0.3, -0.25) is 3.97 Å². The molecular weight excluding hydrogens is 338 g/mol. The van der Waals surface area contributed by atoms with E-state index in [9.17, 15) is 0 Å². The molecule has 0 saturated carbocycles. The second kappa shape index (κ2) is 4.98. The Hall–Kier alpha value is -2.59. The van der Waals surface area contributed by atoms with Crippen molar-refractivity contribution in [2.24, 2.45) is 7.05 Å². The minimum Gasteiger partial charge on any atom is -0.383 e. The lowest BCUT2D eigenvalue weighted by molar-refractivity contribution is 0.695. The van der Waals surface area contributed by atoms with Gasteiger partial charge in [-0.05, 0) is 54.3 Å². The number of nitrogens with one attached hydrogen (secondary N) is 1. The molecule has 0 spiro atoms. The first-order valence-electron chi connectivity index (χ1n) is 9.03. The SMILES string of the molecule is Cc1cc(Sn2ccc3ccccc32)cc2c3c(n(C)c12)C1=CNC3C1. The number of aryl methyl sites for hydroxylation is 2. The molecule has 3 nitrogen and oxygen atoms in total. The fourth-order valence-corrected chi connectivity index (χ4v) is 5.76. The highest BCUT2D eigenvalue weighted by molar-refractivity contribution is 7.98. The Morgan fingerprint density at radius 1 is 1.15 bits per heavy atom. The first kappa shape index (κ1) is 14.6. The van der Waals surface area contributed by atoms with Gasteiger partial charge in [-0.15, -0.1) is 0 Å². The first-order chi connectivity index (χ1) is 12.7. The molecule has 1 unspecified atom stereocenters. The predicted octanol–water partition coefficient (Wildman–Crippen LogP) is 5.39. The Kier molecular flexibility index (Phi) is 2.79. The van der Waals surface area contributed by atoms with Crippen LogP contribution in [0.15, 0.2) is 59.8 Å². The van der Waals surface area contributed by atoms with Crippen molar-refractivity contribution in [2.45, 2.75) is 24.3 Å². The summed E-state index contributed by atoms with van der Waals surface area (Å²) in [7, 11) is 2.21. The maximum atomic E-state index is 3.54. The van der Waals surface area contributed by atoms with Gasteiger partial charge < -0.3 is 9.88 Å². The van der Waals surface area contributed by atoms with Crippen LogP contribution in [0.5, 0.6) is 0 Å². The third kappa shape index (κ3) is 1.80. The molecule has 128 valence electrons. The standard InChI is InChI=1S/C22H19N3S/c1-13-9-16(26-25-8-7-14-5-3-4-6-19(14)25)11-17-20-18-10-15(12-23-18)22(20)24(2)21(13)17/h3-9,11-12,18,23H,10H2,1-2H3. The summed E-state index contributed by atoms with van der Waals surface area (Å²) in [4.78, 5) is 1.29. The maximum Gasteiger partial charge on any atom is 0.0594 e. The molecule has 2 aromatic carbocycles. The molecule has 4 aromatic rings. The lowest BCUT2D eigenvalue weighted by Crippen LogP contribution is -2.10. The number of rotatable bonds is 2. The molecule has 1 atom stereocenters. The number of nitrogens with zero attached hydrogens (tertiary/aromatic N) is 2. The van der Waals surface area contributed by atoms with Crippen molar-refractivity contribution in [3.63, 3.8) is 0 Å². The normalized spacial score (nSPS) is 17.8. The van der Waals surface area contributed by atoms with E-state index < -0.39 is 0 Å². The van der Waals surface area contributed by atoms with Crippen LogP contribution in [0.3, 0.4) is 0 Å². The fraction of sp³-hybridized carbons (Fsp3) is 0.182. The first-order valence-corrected chi connectivity index (χ1v) is 9.81. The lowest BCUT2D eigenvalue weighted by atomic mass is 10.1. The van der Waals surface area contributed by atoms with Crippen LogP contribution in [0.1, 0.15) is 29.3 Å². The number of hydrogen-bond acceptors (Lipinski definition) is 2. The minimum absolute atomic E-state index is 0.454. The average molecular weight is 357 g/mol. The predicted molar refractivity (Wildman–Crippen MR) is 109 cm³/mol. The van der Waals surface area contributed by atoms with Gasteiger partial charge in [0.05, 0.1) is 22.8 Å². The topological polar surface area (TPSA) is 21.9 Å². The van der Waals surface area contributed by atoms with Crippen LogP contribution in [0, 0.1) is 6.92 Å². The van der Waals surface area contributed by atoms with Crippen molar-refractivity contribution >= 4 is 39.3 Å². The minimum atomic E-state index is 0.454. The summed E-state index contributed by atoms with van der Waals surface area (Å²) in [6.45, 7) is 2.24. The molecule has 1 aliphatic carbocycles. The molecule has 4 heteroatoms. The second-order valence-corrected chi connectivity index (χ2v) is 8.39. The molecule has 3 heterocycles. The van der Waals surface area contributed by atoms with Gasteiger partial charge in [0.1, 0.15) is 0 Å². The van der Waals surface area contributed by atoms with Gasteiger partial charge in [0.25, 0.3) is 0 Å². The Labute approximate surface area is 156 Å². The molecule has 0 saturated heterocycles.